The maximum Gasteiger partial charge on any atom is 0.180 e. The SMILES string of the molecule is O=C(c1ccc(Br)cc1)C(Cc1ccccc1)N1CCOCC1. The van der Waals surface area contributed by atoms with Crippen LogP contribution in [0.15, 0.2) is 59.1 Å². The highest BCUT2D eigenvalue weighted by Crippen LogP contribution is 2.18. The predicted molar refractivity (Wildman–Crippen MR) is 94.8 cm³/mol. The van der Waals surface area contributed by atoms with Gasteiger partial charge in [0.25, 0.3) is 0 Å². The molecule has 1 heterocycles. The summed E-state index contributed by atoms with van der Waals surface area (Å²) >= 11 is 3.42. The second kappa shape index (κ2) is 7.86. The van der Waals surface area contributed by atoms with Gasteiger partial charge in [0.05, 0.1) is 19.3 Å². The summed E-state index contributed by atoms with van der Waals surface area (Å²) in [6.07, 6.45) is 0.732. The first-order chi connectivity index (χ1) is 11.2. The van der Waals surface area contributed by atoms with Crippen molar-refractivity contribution < 1.29 is 9.53 Å². The Labute approximate surface area is 145 Å². The lowest BCUT2D eigenvalue weighted by Gasteiger charge is -2.33. The molecule has 0 aromatic heterocycles. The fraction of sp³-hybridized carbons (Fsp3) is 0.316. The minimum absolute atomic E-state index is 0.137. The molecule has 2 aromatic carbocycles. The van der Waals surface area contributed by atoms with Crippen LogP contribution in [-0.2, 0) is 11.2 Å². The number of hydrogen-bond acceptors (Lipinski definition) is 3. The summed E-state index contributed by atoms with van der Waals surface area (Å²) in [4.78, 5) is 15.3. The van der Waals surface area contributed by atoms with Crippen molar-refractivity contribution in [1.82, 2.24) is 4.90 Å². The van der Waals surface area contributed by atoms with Crippen molar-refractivity contribution in [3.63, 3.8) is 0 Å². The fourth-order valence-electron chi connectivity index (χ4n) is 2.92. The van der Waals surface area contributed by atoms with Gasteiger partial charge < -0.3 is 4.74 Å². The molecule has 0 saturated carbocycles. The Balaban J connectivity index is 1.84. The van der Waals surface area contributed by atoms with Gasteiger partial charge in [-0.3, -0.25) is 9.69 Å². The zero-order valence-electron chi connectivity index (χ0n) is 13.0. The summed E-state index contributed by atoms with van der Waals surface area (Å²) in [6, 6.07) is 17.7. The fourth-order valence-corrected chi connectivity index (χ4v) is 3.18. The van der Waals surface area contributed by atoms with Gasteiger partial charge in [0.1, 0.15) is 0 Å². The standard InChI is InChI=1S/C19H20BrNO2/c20-17-8-6-16(7-9-17)19(22)18(21-10-12-23-13-11-21)14-15-4-2-1-3-5-15/h1-9,18H,10-14H2. The van der Waals surface area contributed by atoms with Crippen molar-refractivity contribution in [3.8, 4) is 0 Å². The molecule has 1 saturated heterocycles. The lowest BCUT2D eigenvalue weighted by Crippen LogP contribution is -2.48. The molecule has 4 heteroatoms. The quantitative estimate of drug-likeness (QED) is 0.750. The summed E-state index contributed by atoms with van der Waals surface area (Å²) in [7, 11) is 0. The van der Waals surface area contributed by atoms with Crippen LogP contribution in [0.4, 0.5) is 0 Å². The van der Waals surface area contributed by atoms with Gasteiger partial charge in [0, 0.05) is 23.1 Å². The van der Waals surface area contributed by atoms with Crippen molar-refractivity contribution in [3.05, 3.63) is 70.2 Å². The summed E-state index contributed by atoms with van der Waals surface area (Å²) in [5.41, 5.74) is 1.95. The lowest BCUT2D eigenvalue weighted by atomic mass is 9.96. The van der Waals surface area contributed by atoms with Gasteiger partial charge in [-0.2, -0.15) is 0 Å². The molecule has 0 radical (unpaired) electrons. The Bertz CT molecular complexity index is 636. The Kier molecular flexibility index (Phi) is 5.60. The third-order valence-corrected chi connectivity index (χ3v) is 4.72. The highest BCUT2D eigenvalue weighted by molar-refractivity contribution is 9.10. The maximum atomic E-state index is 13.1. The van der Waals surface area contributed by atoms with Gasteiger partial charge in [-0.15, -0.1) is 0 Å². The van der Waals surface area contributed by atoms with E-state index in [0.29, 0.717) is 13.2 Å². The molecule has 0 bridgehead atoms. The Morgan fingerprint density at radius 1 is 1.04 bits per heavy atom. The lowest BCUT2D eigenvalue weighted by molar-refractivity contribution is 0.0177. The molecular formula is C19H20BrNO2. The van der Waals surface area contributed by atoms with E-state index in [0.717, 1.165) is 29.5 Å². The molecule has 0 N–H and O–H groups in total. The molecule has 120 valence electrons. The molecule has 1 unspecified atom stereocenters. The van der Waals surface area contributed by atoms with Crippen LogP contribution in [0.2, 0.25) is 0 Å². The van der Waals surface area contributed by atoms with Crippen LogP contribution < -0.4 is 0 Å². The predicted octanol–water partition coefficient (Wildman–Crippen LogP) is 3.58. The molecule has 3 nitrogen and oxygen atoms in total. The van der Waals surface area contributed by atoms with Gasteiger partial charge in [-0.1, -0.05) is 58.4 Å². The highest BCUT2D eigenvalue weighted by Gasteiger charge is 2.28. The van der Waals surface area contributed by atoms with Gasteiger partial charge in [0.2, 0.25) is 0 Å². The normalized spacial score (nSPS) is 16.9. The van der Waals surface area contributed by atoms with Crippen LogP contribution in [0.5, 0.6) is 0 Å². The first-order valence-electron chi connectivity index (χ1n) is 7.89. The van der Waals surface area contributed by atoms with E-state index in [1.807, 2.05) is 42.5 Å². The van der Waals surface area contributed by atoms with E-state index in [-0.39, 0.29) is 11.8 Å². The van der Waals surface area contributed by atoms with Crippen LogP contribution in [0.25, 0.3) is 0 Å². The van der Waals surface area contributed by atoms with Crippen molar-refractivity contribution >= 4 is 21.7 Å². The smallest absolute Gasteiger partial charge is 0.180 e. The van der Waals surface area contributed by atoms with Gasteiger partial charge in [-0.25, -0.2) is 0 Å². The third-order valence-electron chi connectivity index (χ3n) is 4.19. The number of carbonyl (C=O) groups is 1. The number of benzene rings is 2. The molecule has 1 fully saturated rings. The minimum atomic E-state index is -0.137. The van der Waals surface area contributed by atoms with Crippen molar-refractivity contribution in [2.45, 2.75) is 12.5 Å². The Hall–Kier alpha value is -1.49. The summed E-state index contributed by atoms with van der Waals surface area (Å²) < 4.78 is 6.43. The topological polar surface area (TPSA) is 29.5 Å². The summed E-state index contributed by atoms with van der Waals surface area (Å²) in [5.74, 6) is 0.184. The Morgan fingerprint density at radius 3 is 2.35 bits per heavy atom. The van der Waals surface area contributed by atoms with Crippen LogP contribution >= 0.6 is 15.9 Å². The first kappa shape index (κ1) is 16.4. The number of ether oxygens (including phenoxy) is 1. The van der Waals surface area contributed by atoms with E-state index >= 15 is 0 Å². The molecular weight excluding hydrogens is 354 g/mol. The van der Waals surface area contributed by atoms with E-state index in [1.54, 1.807) is 0 Å². The molecule has 3 rings (SSSR count). The second-order valence-electron chi connectivity index (χ2n) is 5.73. The van der Waals surface area contributed by atoms with E-state index in [9.17, 15) is 4.79 Å². The zero-order chi connectivity index (χ0) is 16.1. The monoisotopic (exact) mass is 373 g/mol. The van der Waals surface area contributed by atoms with Crippen LogP contribution in [0.3, 0.4) is 0 Å². The Morgan fingerprint density at radius 2 is 1.70 bits per heavy atom. The van der Waals surface area contributed by atoms with Crippen LogP contribution in [0.1, 0.15) is 15.9 Å². The average Bonchev–Trinajstić information content (AvgIpc) is 2.61. The number of hydrogen-bond donors (Lipinski definition) is 0. The summed E-state index contributed by atoms with van der Waals surface area (Å²) in [6.45, 7) is 3.00. The van der Waals surface area contributed by atoms with Gasteiger partial charge in [-0.05, 0) is 24.1 Å². The molecule has 1 atom stereocenters. The number of ketones is 1. The van der Waals surface area contributed by atoms with Crippen molar-refractivity contribution in [1.29, 1.82) is 0 Å². The third kappa shape index (κ3) is 4.28. The molecule has 0 spiro atoms. The number of rotatable bonds is 5. The van der Waals surface area contributed by atoms with E-state index < -0.39 is 0 Å². The van der Waals surface area contributed by atoms with Crippen LogP contribution in [-0.4, -0.2) is 43.0 Å². The van der Waals surface area contributed by atoms with E-state index in [1.165, 1.54) is 5.56 Å². The number of carbonyl (C=O) groups excluding carboxylic acids is 1. The largest absolute Gasteiger partial charge is 0.379 e. The molecule has 1 aliphatic rings. The average molecular weight is 374 g/mol. The zero-order valence-corrected chi connectivity index (χ0v) is 14.5. The number of halogens is 1. The minimum Gasteiger partial charge on any atom is -0.379 e. The number of nitrogens with zero attached hydrogens (tertiary/aromatic N) is 1. The van der Waals surface area contributed by atoms with Crippen molar-refractivity contribution in [2.75, 3.05) is 26.3 Å². The highest BCUT2D eigenvalue weighted by atomic mass is 79.9. The summed E-state index contributed by atoms with van der Waals surface area (Å²) in [5, 5.41) is 0. The first-order valence-corrected chi connectivity index (χ1v) is 8.69. The number of Topliss-reactive ketones (excluding diaryl/α,β-unsaturated/α-hetero) is 1. The molecule has 23 heavy (non-hydrogen) atoms. The maximum absolute atomic E-state index is 13.1. The van der Waals surface area contributed by atoms with Gasteiger partial charge >= 0.3 is 0 Å². The van der Waals surface area contributed by atoms with Crippen molar-refractivity contribution in [2.24, 2.45) is 0 Å². The molecule has 0 aliphatic carbocycles. The molecule has 0 amide bonds. The molecule has 1 aliphatic heterocycles. The second-order valence-corrected chi connectivity index (χ2v) is 6.64. The van der Waals surface area contributed by atoms with Gasteiger partial charge in [0.15, 0.2) is 5.78 Å². The van der Waals surface area contributed by atoms with Crippen LogP contribution in [0, 0.1) is 0 Å². The van der Waals surface area contributed by atoms with E-state index in [2.05, 4.69) is 33.0 Å². The molecule has 2 aromatic rings. The number of morpholine rings is 1. The van der Waals surface area contributed by atoms with E-state index in [4.69, 9.17) is 4.74 Å².